The number of nitrogens with one attached hydrogen (secondary N) is 1. The third kappa shape index (κ3) is 4.14. The lowest BCUT2D eigenvalue weighted by Gasteiger charge is -2.41. The summed E-state index contributed by atoms with van der Waals surface area (Å²) in [5, 5.41) is 10.8. The van der Waals surface area contributed by atoms with E-state index >= 15 is 0 Å². The van der Waals surface area contributed by atoms with Crippen molar-refractivity contribution in [2.75, 3.05) is 6.54 Å². The van der Waals surface area contributed by atoms with Crippen LogP contribution in [0.25, 0.3) is 10.9 Å². The van der Waals surface area contributed by atoms with Crippen LogP contribution in [-0.2, 0) is 14.3 Å². The smallest absolute Gasteiger partial charge is 0.327 e. The van der Waals surface area contributed by atoms with Crippen LogP contribution in [0.2, 0.25) is 0 Å². The predicted molar refractivity (Wildman–Crippen MR) is 102 cm³/mol. The zero-order valence-electron chi connectivity index (χ0n) is 15.9. The first-order chi connectivity index (χ1) is 12.7. The summed E-state index contributed by atoms with van der Waals surface area (Å²) in [6.45, 7) is 5.93. The number of H-pyrrole nitrogens is 1. The molecule has 1 aliphatic rings. The number of nitrogens with zero attached hydrogens (tertiary/aromatic N) is 1. The van der Waals surface area contributed by atoms with Gasteiger partial charge < -0.3 is 20.6 Å². The number of ether oxygens (including phenoxy) is 1. The van der Waals surface area contributed by atoms with E-state index in [0.29, 0.717) is 25.1 Å². The van der Waals surface area contributed by atoms with Gasteiger partial charge in [-0.1, -0.05) is 18.2 Å². The Balaban J connectivity index is 1.88. The van der Waals surface area contributed by atoms with E-state index in [4.69, 9.17) is 10.5 Å². The van der Waals surface area contributed by atoms with Crippen LogP contribution in [0.5, 0.6) is 0 Å². The second-order valence-electron chi connectivity index (χ2n) is 8.06. The summed E-state index contributed by atoms with van der Waals surface area (Å²) >= 11 is 0. The molecular weight excluding hydrogens is 346 g/mol. The predicted octanol–water partition coefficient (Wildman–Crippen LogP) is 2.63. The number of esters is 1. The number of rotatable bonds is 4. The van der Waals surface area contributed by atoms with Crippen molar-refractivity contribution in [1.82, 2.24) is 9.88 Å². The van der Waals surface area contributed by atoms with Crippen LogP contribution in [0.4, 0.5) is 0 Å². The molecule has 7 heteroatoms. The Labute approximate surface area is 158 Å². The van der Waals surface area contributed by atoms with Crippen LogP contribution >= 0.6 is 0 Å². The number of carbonyl (C=O) groups is 2. The SMILES string of the molecule is CC(C)(C)OC(=O)[C@H]1CCCN([C@H](C(=O)O)c2cc3ccccc3[nH]2)[C@@H]1N. The molecule has 1 aliphatic heterocycles. The Morgan fingerprint density at radius 1 is 1.33 bits per heavy atom. The highest BCUT2D eigenvalue weighted by atomic mass is 16.6. The standard InChI is InChI=1S/C20H27N3O4/c1-20(2,3)27-19(26)13-8-6-10-23(17(13)21)16(18(24)25)15-11-12-7-4-5-9-14(12)22-15/h4-5,7,9,11,13,16-17,22H,6,8,10,21H2,1-3H3,(H,24,25)/t13-,16-,17-/m0/s1. The second-order valence-corrected chi connectivity index (χ2v) is 8.06. The topological polar surface area (TPSA) is 109 Å². The van der Waals surface area contributed by atoms with Gasteiger partial charge in [-0.15, -0.1) is 0 Å². The van der Waals surface area contributed by atoms with Crippen molar-refractivity contribution in [3.63, 3.8) is 0 Å². The summed E-state index contributed by atoms with van der Waals surface area (Å²) in [5.74, 6) is -1.92. The van der Waals surface area contributed by atoms with Crippen molar-refractivity contribution < 1.29 is 19.4 Å². The number of hydrogen-bond acceptors (Lipinski definition) is 5. The van der Waals surface area contributed by atoms with Gasteiger partial charge in [0.2, 0.25) is 0 Å². The van der Waals surface area contributed by atoms with Crippen LogP contribution in [0.15, 0.2) is 30.3 Å². The van der Waals surface area contributed by atoms with Crippen molar-refractivity contribution in [2.45, 2.75) is 51.4 Å². The summed E-state index contributed by atoms with van der Waals surface area (Å²) in [7, 11) is 0. The van der Waals surface area contributed by atoms with Gasteiger partial charge in [0, 0.05) is 17.8 Å². The molecule has 1 aromatic heterocycles. The minimum atomic E-state index is -0.998. The third-order valence-corrected chi connectivity index (χ3v) is 4.85. The summed E-state index contributed by atoms with van der Waals surface area (Å²) in [6.07, 6.45) is 0.550. The number of carboxylic acid groups (broad SMARTS) is 1. The molecule has 2 aromatic rings. The molecule has 4 N–H and O–H groups in total. The number of likely N-dealkylation sites (tertiary alicyclic amines) is 1. The van der Waals surface area contributed by atoms with E-state index in [2.05, 4.69) is 4.98 Å². The van der Waals surface area contributed by atoms with E-state index in [1.807, 2.05) is 51.1 Å². The zero-order valence-corrected chi connectivity index (χ0v) is 15.9. The molecule has 0 saturated carbocycles. The van der Waals surface area contributed by atoms with Crippen LogP contribution in [0, 0.1) is 5.92 Å². The average Bonchev–Trinajstić information content (AvgIpc) is 2.98. The molecule has 2 heterocycles. The lowest BCUT2D eigenvalue weighted by Crippen LogP contribution is -2.56. The Bertz CT molecular complexity index is 806. The number of hydrogen-bond donors (Lipinski definition) is 3. The molecule has 7 nitrogen and oxygen atoms in total. The Hall–Kier alpha value is -2.38. The Morgan fingerprint density at radius 3 is 2.67 bits per heavy atom. The zero-order chi connectivity index (χ0) is 19.8. The van der Waals surface area contributed by atoms with Crippen molar-refractivity contribution in [2.24, 2.45) is 11.7 Å². The molecule has 0 unspecified atom stereocenters. The fourth-order valence-corrected chi connectivity index (χ4v) is 3.68. The maximum atomic E-state index is 12.6. The van der Waals surface area contributed by atoms with Gasteiger partial charge in [0.05, 0.1) is 12.1 Å². The molecule has 0 radical (unpaired) electrons. The summed E-state index contributed by atoms with van der Waals surface area (Å²) in [5.41, 5.74) is 7.18. The Morgan fingerprint density at radius 2 is 2.04 bits per heavy atom. The van der Waals surface area contributed by atoms with Gasteiger partial charge >= 0.3 is 11.9 Å². The number of aromatic nitrogens is 1. The molecule has 3 rings (SSSR count). The van der Waals surface area contributed by atoms with Crippen molar-refractivity contribution in [1.29, 1.82) is 0 Å². The number of aliphatic carboxylic acids is 1. The van der Waals surface area contributed by atoms with Gasteiger partial charge in [0.25, 0.3) is 0 Å². The van der Waals surface area contributed by atoms with E-state index in [1.54, 1.807) is 4.90 Å². The van der Waals surface area contributed by atoms with Gasteiger partial charge in [0.1, 0.15) is 11.6 Å². The summed E-state index contributed by atoms with van der Waals surface area (Å²) < 4.78 is 5.49. The first-order valence-corrected chi connectivity index (χ1v) is 9.22. The molecule has 0 amide bonds. The highest BCUT2D eigenvalue weighted by Crippen LogP contribution is 2.32. The number of para-hydroxylation sites is 1. The first kappa shape index (κ1) is 19.4. The van der Waals surface area contributed by atoms with Crippen molar-refractivity contribution in [3.8, 4) is 0 Å². The summed E-state index contributed by atoms with van der Waals surface area (Å²) in [4.78, 5) is 29.5. The largest absolute Gasteiger partial charge is 0.480 e. The van der Waals surface area contributed by atoms with Crippen LogP contribution < -0.4 is 5.73 Å². The molecule has 0 aliphatic carbocycles. The highest BCUT2D eigenvalue weighted by Gasteiger charge is 2.42. The van der Waals surface area contributed by atoms with Crippen molar-refractivity contribution >= 4 is 22.8 Å². The Kier molecular flexibility index (Phi) is 5.26. The van der Waals surface area contributed by atoms with Gasteiger partial charge in [-0.05, 0) is 51.1 Å². The van der Waals surface area contributed by atoms with E-state index in [0.717, 1.165) is 10.9 Å². The van der Waals surface area contributed by atoms with Crippen LogP contribution in [-0.4, -0.2) is 45.2 Å². The minimum absolute atomic E-state index is 0.375. The monoisotopic (exact) mass is 373 g/mol. The fourth-order valence-electron chi connectivity index (χ4n) is 3.68. The van der Waals surface area contributed by atoms with Gasteiger partial charge in [-0.25, -0.2) is 0 Å². The lowest BCUT2D eigenvalue weighted by atomic mass is 9.92. The molecule has 0 bridgehead atoms. The molecule has 1 fully saturated rings. The molecule has 0 spiro atoms. The van der Waals surface area contributed by atoms with Gasteiger partial charge in [0.15, 0.2) is 0 Å². The number of piperidine rings is 1. The number of fused-ring (bicyclic) bond motifs is 1. The van der Waals surface area contributed by atoms with Gasteiger partial charge in [-0.2, -0.15) is 0 Å². The molecule has 1 saturated heterocycles. The fraction of sp³-hybridized carbons (Fsp3) is 0.500. The minimum Gasteiger partial charge on any atom is -0.480 e. The number of nitrogens with two attached hydrogens (primary N) is 1. The molecule has 1 aromatic carbocycles. The summed E-state index contributed by atoms with van der Waals surface area (Å²) in [6, 6.07) is 8.51. The maximum absolute atomic E-state index is 12.6. The normalized spacial score (nSPS) is 22.5. The van der Waals surface area contributed by atoms with Crippen molar-refractivity contribution in [3.05, 3.63) is 36.0 Å². The first-order valence-electron chi connectivity index (χ1n) is 9.22. The number of carboxylic acids is 1. The number of aromatic amines is 1. The average molecular weight is 373 g/mol. The van der Waals surface area contributed by atoms with E-state index in [1.165, 1.54) is 0 Å². The maximum Gasteiger partial charge on any atom is 0.327 e. The van der Waals surface area contributed by atoms with Crippen LogP contribution in [0.1, 0.15) is 45.3 Å². The molecular formula is C20H27N3O4. The van der Waals surface area contributed by atoms with Gasteiger partial charge in [-0.3, -0.25) is 14.5 Å². The molecule has 146 valence electrons. The number of benzene rings is 1. The van der Waals surface area contributed by atoms with E-state index in [9.17, 15) is 14.7 Å². The van der Waals surface area contributed by atoms with Crippen LogP contribution in [0.3, 0.4) is 0 Å². The van der Waals surface area contributed by atoms with E-state index in [-0.39, 0.29) is 5.97 Å². The highest BCUT2D eigenvalue weighted by molar-refractivity contribution is 5.84. The molecule has 27 heavy (non-hydrogen) atoms. The van der Waals surface area contributed by atoms with E-state index < -0.39 is 29.7 Å². The quantitative estimate of drug-likeness (QED) is 0.711. The second kappa shape index (κ2) is 7.32. The molecule has 3 atom stereocenters. The third-order valence-electron chi connectivity index (χ3n) is 4.85. The number of carbonyl (C=O) groups excluding carboxylic acids is 1. The lowest BCUT2D eigenvalue weighted by molar-refractivity contribution is -0.167.